The molecule has 0 aliphatic heterocycles. The predicted octanol–water partition coefficient (Wildman–Crippen LogP) is 9.21. The van der Waals surface area contributed by atoms with Gasteiger partial charge in [-0.05, 0) is 29.7 Å². The lowest BCUT2D eigenvalue weighted by atomic mass is 9.95. The molecule has 0 saturated heterocycles. The quantitative estimate of drug-likeness (QED) is 0.247. The van der Waals surface area contributed by atoms with Crippen molar-refractivity contribution in [2.45, 2.75) is 0 Å². The summed E-state index contributed by atoms with van der Waals surface area (Å²) in [6, 6.07) is 31.1. The number of thiophene rings is 2. The van der Waals surface area contributed by atoms with Crippen molar-refractivity contribution in [1.29, 1.82) is 0 Å². The van der Waals surface area contributed by atoms with Crippen molar-refractivity contribution in [3.63, 3.8) is 0 Å². The van der Waals surface area contributed by atoms with Gasteiger partial charge < -0.3 is 4.98 Å². The van der Waals surface area contributed by atoms with E-state index in [2.05, 4.69) is 89.9 Å². The maximum atomic E-state index is 3.77. The molecule has 0 aliphatic carbocycles. The van der Waals surface area contributed by atoms with Crippen LogP contribution >= 0.6 is 22.7 Å². The number of aromatic nitrogens is 1. The fourth-order valence-electron chi connectivity index (χ4n) is 5.35. The molecule has 144 valence electrons. The van der Waals surface area contributed by atoms with Gasteiger partial charge in [0.1, 0.15) is 0 Å². The Morgan fingerprint density at radius 2 is 1.13 bits per heavy atom. The van der Waals surface area contributed by atoms with Gasteiger partial charge >= 0.3 is 0 Å². The van der Waals surface area contributed by atoms with E-state index in [1.807, 2.05) is 22.7 Å². The van der Waals surface area contributed by atoms with E-state index < -0.39 is 0 Å². The summed E-state index contributed by atoms with van der Waals surface area (Å²) < 4.78 is 5.44. The lowest BCUT2D eigenvalue weighted by Gasteiger charge is -2.07. The summed E-state index contributed by atoms with van der Waals surface area (Å²) in [5.74, 6) is 0. The van der Waals surface area contributed by atoms with Crippen molar-refractivity contribution in [3.05, 3.63) is 84.9 Å². The predicted molar refractivity (Wildman–Crippen MR) is 139 cm³/mol. The number of fused-ring (bicyclic) bond motifs is 14. The van der Waals surface area contributed by atoms with E-state index in [0.29, 0.717) is 0 Å². The summed E-state index contributed by atoms with van der Waals surface area (Å²) in [7, 11) is 0. The van der Waals surface area contributed by atoms with E-state index in [-0.39, 0.29) is 0 Å². The molecule has 3 heterocycles. The SMILES string of the molecule is c1ccc2c(c1)[nH]c1c3sc4ccccc4c3c3c(ccc4sc5ccccc5c43)c21. The molecule has 5 aromatic carbocycles. The van der Waals surface area contributed by atoms with Crippen LogP contribution in [0, 0.1) is 0 Å². The van der Waals surface area contributed by atoms with Crippen LogP contribution in [0.1, 0.15) is 0 Å². The topological polar surface area (TPSA) is 15.8 Å². The Balaban J connectivity index is 1.83. The third-order valence-electron chi connectivity index (χ3n) is 6.59. The lowest BCUT2D eigenvalue weighted by molar-refractivity contribution is 1.57. The lowest BCUT2D eigenvalue weighted by Crippen LogP contribution is -1.80. The van der Waals surface area contributed by atoms with Crippen molar-refractivity contribution in [2.75, 3.05) is 0 Å². The average molecular weight is 430 g/mol. The Morgan fingerprint density at radius 1 is 0.452 bits per heavy atom. The zero-order valence-corrected chi connectivity index (χ0v) is 18.0. The fourth-order valence-corrected chi connectivity index (χ4v) is 7.68. The number of aromatic amines is 1. The van der Waals surface area contributed by atoms with E-state index in [9.17, 15) is 0 Å². The molecule has 0 aliphatic rings. The Labute approximate surface area is 185 Å². The Morgan fingerprint density at radius 3 is 1.97 bits per heavy atom. The summed E-state index contributed by atoms with van der Waals surface area (Å²) in [6.07, 6.45) is 0. The van der Waals surface area contributed by atoms with Gasteiger partial charge in [-0.3, -0.25) is 0 Å². The van der Waals surface area contributed by atoms with Crippen LogP contribution in [0.15, 0.2) is 84.9 Å². The largest absolute Gasteiger partial charge is 0.353 e. The maximum absolute atomic E-state index is 3.77. The van der Waals surface area contributed by atoms with Crippen molar-refractivity contribution < 1.29 is 0 Å². The molecule has 0 unspecified atom stereocenters. The number of rotatable bonds is 0. The molecule has 1 nitrogen and oxygen atoms in total. The fraction of sp³-hybridized carbons (Fsp3) is 0. The van der Waals surface area contributed by atoms with Crippen LogP contribution in [-0.4, -0.2) is 4.98 Å². The highest BCUT2D eigenvalue weighted by atomic mass is 32.1. The number of nitrogens with one attached hydrogen (secondary N) is 1. The second kappa shape index (κ2) is 5.64. The normalized spacial score (nSPS) is 12.5. The molecule has 8 rings (SSSR count). The first-order valence-electron chi connectivity index (χ1n) is 10.5. The minimum atomic E-state index is 1.21. The van der Waals surface area contributed by atoms with E-state index in [0.717, 1.165) is 0 Å². The van der Waals surface area contributed by atoms with Gasteiger partial charge in [-0.1, -0.05) is 60.7 Å². The number of H-pyrrole nitrogens is 1. The van der Waals surface area contributed by atoms with Gasteiger partial charge in [-0.2, -0.15) is 0 Å². The van der Waals surface area contributed by atoms with Gasteiger partial charge in [-0.25, -0.2) is 0 Å². The average Bonchev–Trinajstić information content (AvgIpc) is 3.49. The molecule has 0 spiro atoms. The molecule has 3 heteroatoms. The van der Waals surface area contributed by atoms with Crippen LogP contribution in [0.4, 0.5) is 0 Å². The van der Waals surface area contributed by atoms with Gasteiger partial charge in [0, 0.05) is 57.3 Å². The standard InChI is InChI=1S/C28H15NS2/c1-4-10-19-15(7-1)23-18-13-14-22-24(16-8-2-5-11-20(16)30-22)25(18)26-17-9-3-6-12-21(17)31-28(26)27(23)29-19/h1-14,29H. The van der Waals surface area contributed by atoms with Gasteiger partial charge in [0.2, 0.25) is 0 Å². The number of hydrogen-bond donors (Lipinski definition) is 1. The van der Waals surface area contributed by atoms with Gasteiger partial charge in [0.15, 0.2) is 0 Å². The van der Waals surface area contributed by atoms with Crippen molar-refractivity contribution in [3.8, 4) is 0 Å². The summed E-state index contributed by atoms with van der Waals surface area (Å²) in [6.45, 7) is 0. The molecule has 0 radical (unpaired) electrons. The van der Waals surface area contributed by atoms with Gasteiger partial charge in [0.05, 0.1) is 10.2 Å². The monoisotopic (exact) mass is 429 g/mol. The number of hydrogen-bond acceptors (Lipinski definition) is 2. The molecule has 0 atom stereocenters. The molecule has 31 heavy (non-hydrogen) atoms. The summed E-state index contributed by atoms with van der Waals surface area (Å²) >= 11 is 3.81. The molecule has 1 N–H and O–H groups in total. The van der Waals surface area contributed by atoms with Crippen LogP contribution in [0.5, 0.6) is 0 Å². The molecular formula is C28H15NS2. The molecule has 8 aromatic rings. The highest BCUT2D eigenvalue weighted by molar-refractivity contribution is 7.27. The molecule has 0 amide bonds. The van der Waals surface area contributed by atoms with Crippen LogP contribution in [-0.2, 0) is 0 Å². The summed E-state index contributed by atoms with van der Waals surface area (Å²) in [5.41, 5.74) is 2.47. The maximum Gasteiger partial charge on any atom is 0.0653 e. The first kappa shape index (κ1) is 16.3. The first-order chi connectivity index (χ1) is 15.4. The van der Waals surface area contributed by atoms with Crippen molar-refractivity contribution in [2.24, 2.45) is 0 Å². The Bertz CT molecular complexity index is 2000. The highest BCUT2D eigenvalue weighted by Crippen LogP contribution is 2.49. The van der Waals surface area contributed by atoms with Crippen LogP contribution < -0.4 is 0 Å². The van der Waals surface area contributed by atoms with Gasteiger partial charge in [-0.15, -0.1) is 22.7 Å². The van der Waals surface area contributed by atoms with Crippen LogP contribution in [0.3, 0.4) is 0 Å². The first-order valence-corrected chi connectivity index (χ1v) is 12.1. The molecule has 0 bridgehead atoms. The Hall–Kier alpha value is -3.40. The number of benzene rings is 5. The molecule has 3 aromatic heterocycles. The van der Waals surface area contributed by atoms with Crippen molar-refractivity contribution >= 4 is 95.6 Å². The zero-order chi connectivity index (χ0) is 20.1. The van der Waals surface area contributed by atoms with Crippen LogP contribution in [0.2, 0.25) is 0 Å². The second-order valence-corrected chi connectivity index (χ2v) is 10.3. The smallest absolute Gasteiger partial charge is 0.0653 e. The molecule has 0 fully saturated rings. The third-order valence-corrected chi connectivity index (χ3v) is 8.92. The molecular weight excluding hydrogens is 414 g/mol. The van der Waals surface area contributed by atoms with E-state index >= 15 is 0 Å². The number of para-hydroxylation sites is 1. The van der Waals surface area contributed by atoms with Crippen molar-refractivity contribution in [1.82, 2.24) is 4.98 Å². The summed E-state index contributed by atoms with van der Waals surface area (Å²) in [5, 5.41) is 10.9. The van der Waals surface area contributed by atoms with E-state index in [1.165, 1.54) is 72.9 Å². The van der Waals surface area contributed by atoms with Crippen LogP contribution in [0.25, 0.3) is 72.9 Å². The minimum Gasteiger partial charge on any atom is -0.353 e. The third kappa shape index (κ3) is 1.96. The second-order valence-electron chi connectivity index (χ2n) is 8.18. The van der Waals surface area contributed by atoms with E-state index in [1.54, 1.807) is 0 Å². The van der Waals surface area contributed by atoms with Gasteiger partial charge in [0.25, 0.3) is 0 Å². The highest BCUT2D eigenvalue weighted by Gasteiger charge is 2.20. The minimum absolute atomic E-state index is 1.21. The molecule has 0 saturated carbocycles. The van der Waals surface area contributed by atoms with E-state index in [4.69, 9.17) is 0 Å². The Kier molecular flexibility index (Phi) is 2.97. The zero-order valence-electron chi connectivity index (χ0n) is 16.4. The summed E-state index contributed by atoms with van der Waals surface area (Å²) in [4.78, 5) is 3.77.